The number of carbonyl (C=O) groups excluding carboxylic acids is 2. The maximum absolute atomic E-state index is 11.7. The molecule has 1 rings (SSSR count). The second-order valence-corrected chi connectivity index (χ2v) is 4.55. The summed E-state index contributed by atoms with van der Waals surface area (Å²) < 4.78 is 0. The number of hydrogen-bond acceptors (Lipinski definition) is 2. The monoisotopic (exact) mass is 282 g/mol. The number of benzene rings is 1. The molecule has 0 fully saturated rings. The molecule has 2 amide bonds. The van der Waals surface area contributed by atoms with Crippen LogP contribution in [0.2, 0.25) is 5.02 Å². The molecular weight excluding hydrogens is 264 g/mol. The second kappa shape index (κ2) is 7.79. The second-order valence-electron chi connectivity index (χ2n) is 4.11. The Bertz CT molecular complexity index is 445. The number of carbonyl (C=O) groups is 2. The van der Waals surface area contributed by atoms with Gasteiger partial charge >= 0.3 is 11.8 Å². The molecule has 0 saturated heterocycles. The largest absolute Gasteiger partial charge is 0.347 e. The molecule has 0 bridgehead atoms. The van der Waals surface area contributed by atoms with E-state index in [2.05, 4.69) is 5.32 Å². The summed E-state index contributed by atoms with van der Waals surface area (Å²) in [6.45, 7) is 5.20. The lowest BCUT2D eigenvalue weighted by atomic mass is 10.1. The average molecular weight is 283 g/mol. The predicted octanol–water partition coefficient (Wildman–Crippen LogP) is 1.87. The van der Waals surface area contributed by atoms with Crippen LogP contribution in [-0.4, -0.2) is 36.3 Å². The van der Waals surface area contributed by atoms with Gasteiger partial charge in [0.1, 0.15) is 0 Å². The summed E-state index contributed by atoms with van der Waals surface area (Å²) in [6.07, 6.45) is 0.651. The van der Waals surface area contributed by atoms with Crippen LogP contribution in [0.3, 0.4) is 0 Å². The zero-order chi connectivity index (χ0) is 14.3. The quantitative estimate of drug-likeness (QED) is 0.838. The molecule has 0 atom stereocenters. The summed E-state index contributed by atoms with van der Waals surface area (Å²) in [6, 6.07) is 7.44. The van der Waals surface area contributed by atoms with Gasteiger partial charge in [-0.25, -0.2) is 0 Å². The van der Waals surface area contributed by atoms with Crippen molar-refractivity contribution in [3.8, 4) is 0 Å². The van der Waals surface area contributed by atoms with E-state index in [0.29, 0.717) is 31.1 Å². The zero-order valence-electron chi connectivity index (χ0n) is 11.3. The number of likely N-dealkylation sites (N-methyl/N-ethyl adjacent to an activating group) is 1. The molecule has 0 unspecified atom stereocenters. The first-order valence-electron chi connectivity index (χ1n) is 6.40. The normalized spacial score (nSPS) is 10.1. The molecule has 0 aromatic heterocycles. The van der Waals surface area contributed by atoms with Crippen molar-refractivity contribution in [1.82, 2.24) is 10.2 Å². The maximum Gasteiger partial charge on any atom is 0.311 e. The molecule has 0 heterocycles. The fraction of sp³-hybridized carbons (Fsp3) is 0.429. The number of nitrogens with one attached hydrogen (secondary N) is 1. The summed E-state index contributed by atoms with van der Waals surface area (Å²) in [4.78, 5) is 24.8. The fourth-order valence-corrected chi connectivity index (χ4v) is 1.96. The van der Waals surface area contributed by atoms with E-state index < -0.39 is 11.8 Å². The average Bonchev–Trinajstić information content (AvgIpc) is 2.40. The van der Waals surface area contributed by atoms with E-state index in [4.69, 9.17) is 11.6 Å². The van der Waals surface area contributed by atoms with Crippen molar-refractivity contribution < 1.29 is 9.59 Å². The Labute approximate surface area is 118 Å². The van der Waals surface area contributed by atoms with Gasteiger partial charge in [-0.15, -0.1) is 0 Å². The van der Waals surface area contributed by atoms with Crippen molar-refractivity contribution in [3.63, 3.8) is 0 Å². The highest BCUT2D eigenvalue weighted by Gasteiger charge is 2.18. The zero-order valence-corrected chi connectivity index (χ0v) is 12.0. The summed E-state index contributed by atoms with van der Waals surface area (Å²) in [5.41, 5.74) is 1.03. The highest BCUT2D eigenvalue weighted by Crippen LogP contribution is 2.10. The van der Waals surface area contributed by atoms with Gasteiger partial charge in [0, 0.05) is 24.7 Å². The Hall–Kier alpha value is -1.55. The Balaban J connectivity index is 2.40. The fourth-order valence-electron chi connectivity index (χ4n) is 1.74. The lowest BCUT2D eigenvalue weighted by Crippen LogP contribution is -2.43. The minimum atomic E-state index is -0.550. The van der Waals surface area contributed by atoms with Crippen molar-refractivity contribution in [1.29, 1.82) is 0 Å². The van der Waals surface area contributed by atoms with Crippen LogP contribution in [-0.2, 0) is 16.0 Å². The molecule has 0 aliphatic heterocycles. The van der Waals surface area contributed by atoms with Crippen LogP contribution in [0.5, 0.6) is 0 Å². The highest BCUT2D eigenvalue weighted by atomic mass is 35.5. The molecule has 1 aromatic carbocycles. The first kappa shape index (κ1) is 15.5. The predicted molar refractivity (Wildman–Crippen MR) is 76.1 cm³/mol. The van der Waals surface area contributed by atoms with Crippen molar-refractivity contribution in [3.05, 3.63) is 34.9 Å². The number of rotatable bonds is 5. The van der Waals surface area contributed by atoms with Crippen LogP contribution in [0.25, 0.3) is 0 Å². The van der Waals surface area contributed by atoms with Crippen LogP contribution in [0.1, 0.15) is 19.4 Å². The lowest BCUT2D eigenvalue weighted by molar-refractivity contribution is -0.145. The van der Waals surface area contributed by atoms with Crippen molar-refractivity contribution >= 4 is 23.4 Å². The minimum Gasteiger partial charge on any atom is -0.347 e. The highest BCUT2D eigenvalue weighted by molar-refractivity contribution is 6.35. The van der Waals surface area contributed by atoms with E-state index in [9.17, 15) is 9.59 Å². The van der Waals surface area contributed by atoms with Gasteiger partial charge in [-0.05, 0) is 38.0 Å². The Morgan fingerprint density at radius 2 is 1.95 bits per heavy atom. The molecule has 0 radical (unpaired) electrons. The summed E-state index contributed by atoms with van der Waals surface area (Å²) in [5.74, 6) is -1.03. The van der Waals surface area contributed by atoms with Gasteiger partial charge in [-0.3, -0.25) is 9.59 Å². The molecule has 0 aliphatic carbocycles. The molecule has 104 valence electrons. The summed E-state index contributed by atoms with van der Waals surface area (Å²) >= 11 is 5.87. The summed E-state index contributed by atoms with van der Waals surface area (Å²) in [7, 11) is 0. The molecule has 5 heteroatoms. The van der Waals surface area contributed by atoms with Crippen LogP contribution < -0.4 is 5.32 Å². The van der Waals surface area contributed by atoms with E-state index >= 15 is 0 Å². The number of nitrogens with zero attached hydrogens (tertiary/aromatic N) is 1. The maximum atomic E-state index is 11.7. The molecule has 0 saturated carbocycles. The third-order valence-electron chi connectivity index (χ3n) is 2.83. The van der Waals surface area contributed by atoms with Gasteiger partial charge in [0.15, 0.2) is 0 Å². The van der Waals surface area contributed by atoms with Gasteiger partial charge in [0.05, 0.1) is 0 Å². The number of amides is 2. The molecule has 0 spiro atoms. The smallest absolute Gasteiger partial charge is 0.311 e. The molecule has 1 N–H and O–H groups in total. The first-order chi connectivity index (χ1) is 9.08. The van der Waals surface area contributed by atoms with Crippen LogP contribution in [0.4, 0.5) is 0 Å². The van der Waals surface area contributed by atoms with Gasteiger partial charge in [-0.2, -0.15) is 0 Å². The Morgan fingerprint density at radius 3 is 2.53 bits per heavy atom. The molecule has 4 nitrogen and oxygen atoms in total. The molecule has 0 aliphatic rings. The van der Waals surface area contributed by atoms with E-state index in [-0.39, 0.29) is 0 Å². The lowest BCUT2D eigenvalue weighted by Gasteiger charge is -2.17. The van der Waals surface area contributed by atoms with E-state index in [0.717, 1.165) is 5.56 Å². The minimum absolute atomic E-state index is 0.423. The van der Waals surface area contributed by atoms with Crippen LogP contribution in [0, 0.1) is 0 Å². The Morgan fingerprint density at radius 1 is 1.26 bits per heavy atom. The first-order valence-corrected chi connectivity index (χ1v) is 6.77. The molecule has 1 aromatic rings. The summed E-state index contributed by atoms with van der Waals surface area (Å²) in [5, 5.41) is 3.30. The number of halogens is 1. The van der Waals surface area contributed by atoms with Crippen LogP contribution in [0.15, 0.2) is 24.3 Å². The van der Waals surface area contributed by atoms with Crippen LogP contribution >= 0.6 is 11.6 Å². The van der Waals surface area contributed by atoms with E-state index in [1.807, 2.05) is 32.0 Å². The number of hydrogen-bond donors (Lipinski definition) is 1. The Kier molecular flexibility index (Phi) is 6.36. The topological polar surface area (TPSA) is 49.4 Å². The SMILES string of the molecule is CCN(CC)C(=O)C(=O)NCCc1cccc(Cl)c1. The van der Waals surface area contributed by atoms with Crippen molar-refractivity contribution in [2.45, 2.75) is 20.3 Å². The standard InChI is InChI=1S/C14H19ClN2O2/c1-3-17(4-2)14(19)13(18)16-9-8-11-6-5-7-12(15)10-11/h5-7,10H,3-4,8-9H2,1-2H3,(H,16,18). The third kappa shape index (κ3) is 4.91. The van der Waals surface area contributed by atoms with Gasteiger partial charge in [0.2, 0.25) is 0 Å². The van der Waals surface area contributed by atoms with E-state index in [1.54, 1.807) is 6.07 Å². The molecular formula is C14H19ClN2O2. The van der Waals surface area contributed by atoms with Gasteiger partial charge in [-0.1, -0.05) is 23.7 Å². The van der Waals surface area contributed by atoms with E-state index in [1.165, 1.54) is 4.90 Å². The molecule has 19 heavy (non-hydrogen) atoms. The third-order valence-corrected chi connectivity index (χ3v) is 3.07. The van der Waals surface area contributed by atoms with Crippen molar-refractivity contribution in [2.75, 3.05) is 19.6 Å². The van der Waals surface area contributed by atoms with Crippen molar-refractivity contribution in [2.24, 2.45) is 0 Å². The van der Waals surface area contributed by atoms with Gasteiger partial charge < -0.3 is 10.2 Å². The van der Waals surface area contributed by atoms with Gasteiger partial charge in [0.25, 0.3) is 0 Å².